The lowest BCUT2D eigenvalue weighted by Gasteiger charge is -2.16. The molecule has 0 saturated heterocycles. The van der Waals surface area contributed by atoms with Crippen molar-refractivity contribution in [2.75, 3.05) is 24.7 Å². The number of nitrogens with zero attached hydrogens (tertiary/aromatic N) is 3. The molecule has 74 valence electrons. The number of anilines is 2. The van der Waals surface area contributed by atoms with Gasteiger partial charge in [-0.05, 0) is 25.0 Å². The second-order valence-electron chi connectivity index (χ2n) is 3.45. The molecule has 0 aliphatic carbocycles. The fraction of sp³-hybridized carbons (Fsp3) is 0.400. The fourth-order valence-corrected chi connectivity index (χ4v) is 1.26. The molecule has 0 fully saturated rings. The van der Waals surface area contributed by atoms with Gasteiger partial charge in [-0.15, -0.1) is 0 Å². The van der Waals surface area contributed by atoms with E-state index in [1.165, 1.54) is 0 Å². The molecule has 4 nitrogen and oxygen atoms in total. The van der Waals surface area contributed by atoms with Crippen LogP contribution in [0.2, 0.25) is 0 Å². The Morgan fingerprint density at radius 3 is 2.29 bits per heavy atom. The Morgan fingerprint density at radius 1 is 1.29 bits per heavy atom. The lowest BCUT2D eigenvalue weighted by atomic mass is 10.1. The number of nitrogen functional groups attached to an aromatic ring is 1. The Morgan fingerprint density at radius 2 is 1.86 bits per heavy atom. The van der Waals surface area contributed by atoms with Crippen LogP contribution >= 0.6 is 0 Å². The van der Waals surface area contributed by atoms with E-state index < -0.39 is 0 Å². The summed E-state index contributed by atoms with van der Waals surface area (Å²) in [5.74, 6) is 1.12. The number of nitrogens with two attached hydrogens (primary N) is 1. The maximum absolute atomic E-state index is 9.01. The summed E-state index contributed by atoms with van der Waals surface area (Å²) in [5.41, 5.74) is 8.12. The molecule has 0 aliphatic heterocycles. The van der Waals surface area contributed by atoms with Gasteiger partial charge in [0.1, 0.15) is 17.7 Å². The average Bonchev–Trinajstić information content (AvgIpc) is 2.13. The first-order valence-electron chi connectivity index (χ1n) is 4.33. The smallest absolute Gasteiger partial charge is 0.148 e. The highest BCUT2D eigenvalue weighted by Gasteiger charge is 2.13. The van der Waals surface area contributed by atoms with Crippen molar-refractivity contribution in [2.45, 2.75) is 13.8 Å². The molecule has 0 saturated carbocycles. The molecule has 0 radical (unpaired) electrons. The summed E-state index contributed by atoms with van der Waals surface area (Å²) in [6, 6.07) is 2.15. The van der Waals surface area contributed by atoms with Gasteiger partial charge < -0.3 is 10.6 Å². The summed E-state index contributed by atoms with van der Waals surface area (Å²) in [6.07, 6.45) is 0. The third kappa shape index (κ3) is 1.49. The highest BCUT2D eigenvalue weighted by Crippen LogP contribution is 2.24. The maximum Gasteiger partial charge on any atom is 0.148 e. The average molecular weight is 190 g/mol. The molecule has 2 N–H and O–H groups in total. The summed E-state index contributed by atoms with van der Waals surface area (Å²) in [5, 5.41) is 9.01. The van der Waals surface area contributed by atoms with Crippen molar-refractivity contribution in [1.82, 2.24) is 4.98 Å². The predicted octanol–water partition coefficient (Wildman–Crippen LogP) is 1.22. The Bertz CT molecular complexity index is 402. The number of aromatic nitrogens is 1. The fourth-order valence-electron chi connectivity index (χ4n) is 1.26. The molecule has 4 heteroatoms. The van der Waals surface area contributed by atoms with Gasteiger partial charge in [0.25, 0.3) is 0 Å². The minimum atomic E-state index is 0.491. The normalized spacial score (nSPS) is 9.64. The molecule has 1 rings (SSSR count). The van der Waals surface area contributed by atoms with Crippen molar-refractivity contribution in [3.8, 4) is 6.07 Å². The zero-order valence-corrected chi connectivity index (χ0v) is 8.92. The molecular formula is C10H14N4. The van der Waals surface area contributed by atoms with E-state index in [0.29, 0.717) is 17.2 Å². The molecule has 0 spiro atoms. The van der Waals surface area contributed by atoms with Gasteiger partial charge in [-0.3, -0.25) is 0 Å². The van der Waals surface area contributed by atoms with E-state index in [1.54, 1.807) is 4.90 Å². The van der Waals surface area contributed by atoms with Crippen molar-refractivity contribution in [2.24, 2.45) is 0 Å². The SMILES string of the molecule is Cc1c(N)nc(N(C)C)c(C#N)c1C. The summed E-state index contributed by atoms with van der Waals surface area (Å²) < 4.78 is 0. The van der Waals surface area contributed by atoms with Gasteiger partial charge in [0.2, 0.25) is 0 Å². The van der Waals surface area contributed by atoms with Gasteiger partial charge in [-0.1, -0.05) is 0 Å². The van der Waals surface area contributed by atoms with Crippen LogP contribution in [0.3, 0.4) is 0 Å². The molecule has 1 heterocycles. The standard InChI is InChI=1S/C10H14N4/c1-6-7(2)9(12)13-10(14(3)4)8(6)5-11/h1-4H3,(H2,12,13). The van der Waals surface area contributed by atoms with Gasteiger partial charge >= 0.3 is 0 Å². The van der Waals surface area contributed by atoms with Crippen LogP contribution in [0.5, 0.6) is 0 Å². The highest BCUT2D eigenvalue weighted by atomic mass is 15.1. The first-order chi connectivity index (χ1) is 6.49. The molecule has 0 aliphatic rings. The third-order valence-electron chi connectivity index (χ3n) is 2.31. The second-order valence-corrected chi connectivity index (χ2v) is 3.45. The Balaban J connectivity index is 3.54. The largest absolute Gasteiger partial charge is 0.383 e. The van der Waals surface area contributed by atoms with Crippen LogP contribution in [0.4, 0.5) is 11.6 Å². The Kier molecular flexibility index (Phi) is 2.61. The highest BCUT2D eigenvalue weighted by molar-refractivity contribution is 5.63. The monoisotopic (exact) mass is 190 g/mol. The van der Waals surface area contributed by atoms with Crippen LogP contribution in [0.15, 0.2) is 0 Å². The van der Waals surface area contributed by atoms with Gasteiger partial charge in [0.15, 0.2) is 0 Å². The van der Waals surface area contributed by atoms with Gasteiger partial charge in [0, 0.05) is 14.1 Å². The third-order valence-corrected chi connectivity index (χ3v) is 2.31. The van der Waals surface area contributed by atoms with Gasteiger partial charge in [0.05, 0.1) is 5.56 Å². The summed E-state index contributed by atoms with van der Waals surface area (Å²) in [4.78, 5) is 5.98. The Hall–Kier alpha value is -1.76. The number of hydrogen-bond acceptors (Lipinski definition) is 4. The minimum absolute atomic E-state index is 0.491. The van der Waals surface area contributed by atoms with Gasteiger partial charge in [-0.25, -0.2) is 4.98 Å². The molecule has 1 aromatic heterocycles. The number of hydrogen-bond donors (Lipinski definition) is 1. The molecule has 0 atom stereocenters. The van der Waals surface area contributed by atoms with Crippen molar-refractivity contribution in [3.05, 3.63) is 16.7 Å². The van der Waals surface area contributed by atoms with Crippen LogP contribution in [0, 0.1) is 25.2 Å². The molecule has 0 bridgehead atoms. The van der Waals surface area contributed by atoms with Crippen LogP contribution in [-0.2, 0) is 0 Å². The minimum Gasteiger partial charge on any atom is -0.383 e. The zero-order chi connectivity index (χ0) is 10.9. The quantitative estimate of drug-likeness (QED) is 0.723. The molecule has 0 amide bonds. The van der Waals surface area contributed by atoms with E-state index in [4.69, 9.17) is 11.0 Å². The maximum atomic E-state index is 9.01. The zero-order valence-electron chi connectivity index (χ0n) is 8.92. The Labute approximate surface area is 84.0 Å². The predicted molar refractivity (Wildman–Crippen MR) is 57.2 cm³/mol. The van der Waals surface area contributed by atoms with Gasteiger partial charge in [-0.2, -0.15) is 5.26 Å². The number of pyridine rings is 1. The summed E-state index contributed by atoms with van der Waals surface area (Å²) >= 11 is 0. The van der Waals surface area contributed by atoms with Crippen LogP contribution in [0.1, 0.15) is 16.7 Å². The van der Waals surface area contributed by atoms with Crippen molar-refractivity contribution in [3.63, 3.8) is 0 Å². The first-order valence-corrected chi connectivity index (χ1v) is 4.33. The summed E-state index contributed by atoms with van der Waals surface area (Å²) in [7, 11) is 3.69. The molecule has 0 aromatic carbocycles. The number of rotatable bonds is 1. The molecule has 0 unspecified atom stereocenters. The van der Waals surface area contributed by atoms with Crippen molar-refractivity contribution < 1.29 is 0 Å². The second kappa shape index (κ2) is 3.54. The van der Waals surface area contributed by atoms with E-state index in [0.717, 1.165) is 11.1 Å². The van der Waals surface area contributed by atoms with E-state index in [1.807, 2.05) is 27.9 Å². The number of nitriles is 1. The first kappa shape index (κ1) is 10.3. The lowest BCUT2D eigenvalue weighted by molar-refractivity contribution is 1.05. The topological polar surface area (TPSA) is 65.9 Å². The van der Waals surface area contributed by atoms with E-state index in [-0.39, 0.29) is 0 Å². The summed E-state index contributed by atoms with van der Waals surface area (Å²) in [6.45, 7) is 3.76. The van der Waals surface area contributed by atoms with Crippen molar-refractivity contribution >= 4 is 11.6 Å². The van der Waals surface area contributed by atoms with E-state index in [9.17, 15) is 0 Å². The van der Waals surface area contributed by atoms with Crippen LogP contribution in [0.25, 0.3) is 0 Å². The van der Waals surface area contributed by atoms with Crippen LogP contribution < -0.4 is 10.6 Å². The molecule has 1 aromatic rings. The molecule has 14 heavy (non-hydrogen) atoms. The molecular weight excluding hydrogens is 176 g/mol. The van der Waals surface area contributed by atoms with E-state index >= 15 is 0 Å². The van der Waals surface area contributed by atoms with E-state index in [2.05, 4.69) is 11.1 Å². The van der Waals surface area contributed by atoms with Crippen molar-refractivity contribution in [1.29, 1.82) is 5.26 Å². The lowest BCUT2D eigenvalue weighted by Crippen LogP contribution is -2.15. The van der Waals surface area contributed by atoms with Crippen LogP contribution in [-0.4, -0.2) is 19.1 Å².